The fourth-order valence-electron chi connectivity index (χ4n) is 3.08. The van der Waals surface area contributed by atoms with Crippen molar-refractivity contribution in [3.05, 3.63) is 0 Å². The van der Waals surface area contributed by atoms with E-state index < -0.39 is 0 Å². The summed E-state index contributed by atoms with van der Waals surface area (Å²) in [7, 11) is 0. The van der Waals surface area contributed by atoms with Crippen molar-refractivity contribution in [1.29, 1.82) is 0 Å². The van der Waals surface area contributed by atoms with Crippen molar-refractivity contribution in [3.63, 3.8) is 0 Å². The van der Waals surface area contributed by atoms with Crippen LogP contribution in [0.1, 0.15) is 39.5 Å². The number of hydrogen-bond donors (Lipinski definition) is 2. The zero-order valence-electron chi connectivity index (χ0n) is 13.4. The van der Waals surface area contributed by atoms with E-state index in [4.69, 9.17) is 0 Å². The minimum Gasteiger partial charge on any atom is -0.395 e. The second-order valence-electron chi connectivity index (χ2n) is 6.37. The summed E-state index contributed by atoms with van der Waals surface area (Å²) in [6.07, 6.45) is 5.05. The van der Waals surface area contributed by atoms with Crippen LogP contribution in [0.3, 0.4) is 0 Å². The lowest BCUT2D eigenvalue weighted by molar-refractivity contribution is 0.140. The Labute approximate surface area is 124 Å². The monoisotopic (exact) mass is 286 g/mol. The van der Waals surface area contributed by atoms with Gasteiger partial charge < -0.3 is 10.2 Å². The van der Waals surface area contributed by atoms with E-state index in [1.165, 1.54) is 25.7 Å². The Morgan fingerprint density at radius 3 is 1.50 bits per heavy atom. The molecule has 1 aliphatic rings. The van der Waals surface area contributed by atoms with E-state index >= 15 is 0 Å². The molecule has 2 N–H and O–H groups in total. The van der Waals surface area contributed by atoms with Crippen LogP contribution in [-0.2, 0) is 0 Å². The normalized spacial score (nSPS) is 28.8. The Morgan fingerprint density at radius 2 is 1.15 bits per heavy atom. The van der Waals surface area contributed by atoms with Crippen molar-refractivity contribution < 1.29 is 10.2 Å². The molecule has 1 heterocycles. The van der Waals surface area contributed by atoms with Gasteiger partial charge in [0.25, 0.3) is 0 Å². The Hall–Kier alpha value is -0.160. The van der Waals surface area contributed by atoms with Gasteiger partial charge in [-0.25, -0.2) is 0 Å². The molecule has 0 aromatic heterocycles. The first-order valence-corrected chi connectivity index (χ1v) is 8.33. The highest BCUT2D eigenvalue weighted by molar-refractivity contribution is 4.69. The average Bonchev–Trinajstić information content (AvgIpc) is 2.42. The first-order chi connectivity index (χ1) is 9.67. The van der Waals surface area contributed by atoms with Crippen LogP contribution in [0.15, 0.2) is 0 Å². The van der Waals surface area contributed by atoms with E-state index in [9.17, 15) is 10.2 Å². The molecule has 0 aromatic rings. The van der Waals surface area contributed by atoms with Crippen LogP contribution in [0.25, 0.3) is 0 Å². The number of nitrogens with zero attached hydrogens (tertiary/aromatic N) is 2. The summed E-state index contributed by atoms with van der Waals surface area (Å²) in [6, 6.07) is 0. The maximum absolute atomic E-state index is 9.18. The summed E-state index contributed by atoms with van der Waals surface area (Å²) in [5.74, 6) is 1.58. The first kappa shape index (κ1) is 17.9. The average molecular weight is 286 g/mol. The second kappa shape index (κ2) is 10.6. The van der Waals surface area contributed by atoms with Gasteiger partial charge in [0, 0.05) is 26.2 Å². The number of aliphatic hydroxyl groups excluding tert-OH is 2. The molecular formula is C16H34N2O2. The minimum absolute atomic E-state index is 0.242. The van der Waals surface area contributed by atoms with Gasteiger partial charge in [-0.2, -0.15) is 0 Å². The lowest BCUT2D eigenvalue weighted by atomic mass is 9.88. The lowest BCUT2D eigenvalue weighted by Gasteiger charge is -2.29. The van der Waals surface area contributed by atoms with Crippen molar-refractivity contribution in [3.8, 4) is 0 Å². The van der Waals surface area contributed by atoms with Gasteiger partial charge >= 0.3 is 0 Å². The van der Waals surface area contributed by atoms with Crippen molar-refractivity contribution in [2.24, 2.45) is 11.8 Å². The topological polar surface area (TPSA) is 46.9 Å². The zero-order valence-corrected chi connectivity index (χ0v) is 13.4. The van der Waals surface area contributed by atoms with E-state index in [-0.39, 0.29) is 13.2 Å². The lowest BCUT2D eigenvalue weighted by Crippen LogP contribution is -2.39. The molecule has 0 saturated carbocycles. The van der Waals surface area contributed by atoms with Gasteiger partial charge in [0.05, 0.1) is 13.2 Å². The Morgan fingerprint density at radius 1 is 0.750 bits per heavy atom. The summed E-state index contributed by atoms with van der Waals surface area (Å²) < 4.78 is 0. The van der Waals surface area contributed by atoms with Crippen LogP contribution in [0, 0.1) is 11.8 Å². The number of aliphatic hydroxyl groups is 2. The van der Waals surface area contributed by atoms with Gasteiger partial charge in [-0.3, -0.25) is 9.80 Å². The Balaban J connectivity index is 2.54. The van der Waals surface area contributed by atoms with E-state index in [1.54, 1.807) is 0 Å². The number of rotatable bonds is 4. The van der Waals surface area contributed by atoms with E-state index in [2.05, 4.69) is 23.6 Å². The maximum atomic E-state index is 9.18. The van der Waals surface area contributed by atoms with Crippen molar-refractivity contribution >= 4 is 0 Å². The largest absolute Gasteiger partial charge is 0.395 e. The van der Waals surface area contributed by atoms with Crippen molar-refractivity contribution in [2.45, 2.75) is 39.5 Å². The summed E-state index contributed by atoms with van der Waals surface area (Å²) in [5, 5.41) is 18.4. The SMILES string of the molecule is CC1CCCN(CCO)CCN(CCO)CCCC1C. The number of hydrogen-bond acceptors (Lipinski definition) is 4. The molecule has 4 heteroatoms. The van der Waals surface area contributed by atoms with E-state index in [1.807, 2.05) is 0 Å². The molecule has 0 bridgehead atoms. The third-order valence-corrected chi connectivity index (χ3v) is 4.80. The maximum Gasteiger partial charge on any atom is 0.0558 e. The minimum atomic E-state index is 0.242. The van der Waals surface area contributed by atoms with Gasteiger partial charge in [0.15, 0.2) is 0 Å². The molecule has 120 valence electrons. The predicted octanol–water partition coefficient (Wildman–Crippen LogP) is 1.42. The zero-order chi connectivity index (χ0) is 14.8. The van der Waals surface area contributed by atoms with Gasteiger partial charge in [0.2, 0.25) is 0 Å². The molecule has 0 spiro atoms. The molecule has 20 heavy (non-hydrogen) atoms. The Kier molecular flexibility index (Phi) is 9.44. The van der Waals surface area contributed by atoms with Crippen LogP contribution in [0.4, 0.5) is 0 Å². The van der Waals surface area contributed by atoms with Crippen LogP contribution in [0.2, 0.25) is 0 Å². The molecule has 0 radical (unpaired) electrons. The molecule has 1 fully saturated rings. The highest BCUT2D eigenvalue weighted by atomic mass is 16.3. The van der Waals surface area contributed by atoms with Crippen LogP contribution >= 0.6 is 0 Å². The van der Waals surface area contributed by atoms with E-state index in [0.717, 1.165) is 51.1 Å². The van der Waals surface area contributed by atoms with Crippen molar-refractivity contribution in [1.82, 2.24) is 9.80 Å². The first-order valence-electron chi connectivity index (χ1n) is 8.33. The fourth-order valence-corrected chi connectivity index (χ4v) is 3.08. The van der Waals surface area contributed by atoms with Gasteiger partial charge in [-0.05, 0) is 50.6 Å². The highest BCUT2D eigenvalue weighted by Gasteiger charge is 2.16. The van der Waals surface area contributed by atoms with Crippen LogP contribution in [-0.4, -0.2) is 72.5 Å². The summed E-state index contributed by atoms with van der Waals surface area (Å²) in [5.41, 5.74) is 0. The molecule has 1 aliphatic heterocycles. The predicted molar refractivity (Wildman–Crippen MR) is 83.8 cm³/mol. The van der Waals surface area contributed by atoms with Gasteiger partial charge in [0.1, 0.15) is 0 Å². The van der Waals surface area contributed by atoms with Gasteiger partial charge in [-0.15, -0.1) is 0 Å². The highest BCUT2D eigenvalue weighted by Crippen LogP contribution is 2.22. The molecule has 0 amide bonds. The third kappa shape index (κ3) is 7.02. The molecule has 4 nitrogen and oxygen atoms in total. The molecule has 0 aromatic carbocycles. The molecule has 2 unspecified atom stereocenters. The molecule has 1 rings (SSSR count). The standard InChI is InChI=1S/C16H34N2O2/c1-15-5-3-7-17(11-13-19)9-10-18(12-14-20)8-4-6-16(15)2/h15-16,19-20H,3-14H2,1-2H3. The molecule has 0 aliphatic carbocycles. The fraction of sp³-hybridized carbons (Fsp3) is 1.00. The molecular weight excluding hydrogens is 252 g/mol. The van der Waals surface area contributed by atoms with Gasteiger partial charge in [-0.1, -0.05) is 13.8 Å². The summed E-state index contributed by atoms with van der Waals surface area (Å²) in [4.78, 5) is 4.73. The van der Waals surface area contributed by atoms with Crippen LogP contribution in [0.5, 0.6) is 0 Å². The third-order valence-electron chi connectivity index (χ3n) is 4.80. The van der Waals surface area contributed by atoms with E-state index in [0.29, 0.717) is 0 Å². The number of β-amino-alcohol motifs (C(OH)–C–C–N with tert-alkyl or cyclic N) is 2. The quantitative estimate of drug-likeness (QED) is 0.820. The molecule has 1 saturated heterocycles. The van der Waals surface area contributed by atoms with Crippen LogP contribution < -0.4 is 0 Å². The molecule has 2 atom stereocenters. The Bertz CT molecular complexity index is 215. The second-order valence-corrected chi connectivity index (χ2v) is 6.37. The smallest absolute Gasteiger partial charge is 0.0558 e. The van der Waals surface area contributed by atoms with Crippen molar-refractivity contribution in [2.75, 3.05) is 52.5 Å². The summed E-state index contributed by atoms with van der Waals surface area (Å²) in [6.45, 7) is 11.0. The summed E-state index contributed by atoms with van der Waals surface area (Å²) >= 11 is 0.